The van der Waals surface area contributed by atoms with Crippen molar-refractivity contribution in [3.63, 3.8) is 0 Å². The number of hydrogen-bond donors (Lipinski definition) is 0. The highest BCUT2D eigenvalue weighted by Gasteiger charge is 2.21. The molecule has 1 aliphatic heterocycles. The molecule has 0 saturated heterocycles. The summed E-state index contributed by atoms with van der Waals surface area (Å²) in [4.78, 5) is 28.0. The van der Waals surface area contributed by atoms with E-state index in [2.05, 4.69) is 4.98 Å². The molecule has 1 aromatic heterocycles. The molecule has 9 nitrogen and oxygen atoms in total. The molecule has 1 aliphatic rings. The summed E-state index contributed by atoms with van der Waals surface area (Å²) in [5.41, 5.74) is 0.183. The number of carbonyl (C=O) groups is 1. The van der Waals surface area contributed by atoms with Gasteiger partial charge >= 0.3 is 11.6 Å². The summed E-state index contributed by atoms with van der Waals surface area (Å²) in [7, 11) is -3.66. The van der Waals surface area contributed by atoms with Crippen LogP contribution in [-0.2, 0) is 26.0 Å². The molecule has 0 amide bonds. The van der Waals surface area contributed by atoms with E-state index in [-0.39, 0.29) is 33.9 Å². The van der Waals surface area contributed by atoms with E-state index < -0.39 is 21.4 Å². The predicted molar refractivity (Wildman–Crippen MR) is 105 cm³/mol. The van der Waals surface area contributed by atoms with Crippen LogP contribution in [0.4, 0.5) is 0 Å². The SMILES string of the molecule is CC(=O)OCc1ccc(S(C)(=O)=O)c(-c2nc3cc4c(cc3c(=O)o2)OCCO4)c1. The van der Waals surface area contributed by atoms with E-state index >= 15 is 0 Å². The Balaban J connectivity index is 1.90. The Hall–Kier alpha value is -3.40. The van der Waals surface area contributed by atoms with Gasteiger partial charge in [0.1, 0.15) is 19.8 Å². The Kier molecular flexibility index (Phi) is 4.94. The number of rotatable bonds is 4. The monoisotopic (exact) mass is 431 g/mol. The molecule has 0 saturated carbocycles. The van der Waals surface area contributed by atoms with Crippen LogP contribution in [0, 0.1) is 0 Å². The van der Waals surface area contributed by atoms with Crippen molar-refractivity contribution >= 4 is 26.7 Å². The van der Waals surface area contributed by atoms with Crippen LogP contribution in [0.15, 0.2) is 44.4 Å². The van der Waals surface area contributed by atoms with E-state index in [1.165, 1.54) is 31.2 Å². The molecule has 10 heteroatoms. The fourth-order valence-electron chi connectivity index (χ4n) is 3.07. The molecule has 0 atom stereocenters. The third kappa shape index (κ3) is 3.86. The van der Waals surface area contributed by atoms with Crippen molar-refractivity contribution in [2.75, 3.05) is 19.5 Å². The van der Waals surface area contributed by atoms with Gasteiger partial charge in [0.2, 0.25) is 5.89 Å². The highest BCUT2D eigenvalue weighted by atomic mass is 32.2. The number of fused-ring (bicyclic) bond motifs is 2. The summed E-state index contributed by atoms with van der Waals surface area (Å²) in [6.45, 7) is 1.93. The number of carbonyl (C=O) groups excluding carboxylic acids is 1. The maximum atomic E-state index is 12.6. The number of aromatic nitrogens is 1. The first kappa shape index (κ1) is 19.9. The van der Waals surface area contributed by atoms with Crippen LogP contribution >= 0.6 is 0 Å². The van der Waals surface area contributed by atoms with E-state index in [9.17, 15) is 18.0 Å². The Bertz CT molecular complexity index is 1330. The van der Waals surface area contributed by atoms with Gasteiger partial charge in [0.05, 0.1) is 21.4 Å². The molecule has 0 bridgehead atoms. The minimum atomic E-state index is -3.66. The number of benzene rings is 2. The smallest absolute Gasteiger partial charge is 0.347 e. The highest BCUT2D eigenvalue weighted by Crippen LogP contribution is 2.34. The van der Waals surface area contributed by atoms with Crippen LogP contribution < -0.4 is 15.1 Å². The second-order valence-electron chi connectivity index (χ2n) is 6.70. The van der Waals surface area contributed by atoms with Crippen LogP contribution in [0.5, 0.6) is 11.5 Å². The normalized spacial score (nSPS) is 13.3. The van der Waals surface area contributed by atoms with Gasteiger partial charge in [-0.05, 0) is 17.7 Å². The molecule has 0 radical (unpaired) electrons. The number of esters is 1. The van der Waals surface area contributed by atoms with Crippen LogP contribution in [0.2, 0.25) is 0 Å². The molecule has 2 heterocycles. The zero-order valence-corrected chi connectivity index (χ0v) is 16.9. The number of ether oxygens (including phenoxy) is 3. The summed E-state index contributed by atoms with van der Waals surface area (Å²) in [6, 6.07) is 7.38. The minimum absolute atomic E-state index is 0.0666. The lowest BCUT2D eigenvalue weighted by Gasteiger charge is -2.18. The molecule has 0 spiro atoms. The molecule has 30 heavy (non-hydrogen) atoms. The van der Waals surface area contributed by atoms with E-state index in [1.54, 1.807) is 6.07 Å². The fourth-order valence-corrected chi connectivity index (χ4v) is 3.93. The van der Waals surface area contributed by atoms with Gasteiger partial charge in [0.15, 0.2) is 21.3 Å². The lowest BCUT2D eigenvalue weighted by atomic mass is 10.1. The van der Waals surface area contributed by atoms with Gasteiger partial charge in [0.25, 0.3) is 0 Å². The van der Waals surface area contributed by atoms with Crippen LogP contribution in [0.25, 0.3) is 22.4 Å². The summed E-state index contributed by atoms with van der Waals surface area (Å²) in [6.07, 6.45) is 1.04. The molecule has 4 rings (SSSR count). The second-order valence-corrected chi connectivity index (χ2v) is 8.69. The zero-order valence-electron chi connectivity index (χ0n) is 16.1. The molecule has 0 N–H and O–H groups in total. The van der Waals surface area contributed by atoms with E-state index in [0.717, 1.165) is 6.26 Å². The summed E-state index contributed by atoms with van der Waals surface area (Å²) in [5.74, 6) is 0.195. The average Bonchev–Trinajstić information content (AvgIpc) is 2.70. The molecular weight excluding hydrogens is 414 g/mol. The summed E-state index contributed by atoms with van der Waals surface area (Å²) >= 11 is 0. The Morgan fingerprint density at radius 1 is 1.13 bits per heavy atom. The molecular formula is C20H17NO8S. The minimum Gasteiger partial charge on any atom is -0.486 e. The van der Waals surface area contributed by atoms with E-state index in [4.69, 9.17) is 18.6 Å². The van der Waals surface area contributed by atoms with Crippen molar-refractivity contribution in [2.24, 2.45) is 0 Å². The number of sulfone groups is 1. The van der Waals surface area contributed by atoms with Gasteiger partial charge in [-0.15, -0.1) is 0 Å². The van der Waals surface area contributed by atoms with Gasteiger partial charge in [-0.25, -0.2) is 18.2 Å². The van der Waals surface area contributed by atoms with Crippen molar-refractivity contribution in [3.8, 4) is 23.0 Å². The number of hydrogen-bond acceptors (Lipinski definition) is 9. The summed E-state index contributed by atoms with van der Waals surface area (Å²) in [5, 5.41) is 0.181. The maximum absolute atomic E-state index is 12.6. The van der Waals surface area contributed by atoms with Crippen molar-refractivity contribution in [3.05, 3.63) is 46.3 Å². The Morgan fingerprint density at radius 2 is 1.83 bits per heavy atom. The molecule has 2 aromatic carbocycles. The first-order valence-corrected chi connectivity index (χ1v) is 10.8. The van der Waals surface area contributed by atoms with E-state index in [1.807, 2.05) is 0 Å². The number of nitrogens with zero attached hydrogens (tertiary/aromatic N) is 1. The topological polar surface area (TPSA) is 122 Å². The first-order chi connectivity index (χ1) is 14.2. The molecule has 0 aliphatic carbocycles. The first-order valence-electron chi connectivity index (χ1n) is 8.93. The Labute approximate surface area is 171 Å². The van der Waals surface area contributed by atoms with Gasteiger partial charge < -0.3 is 18.6 Å². The lowest BCUT2D eigenvalue weighted by molar-refractivity contribution is -0.142. The predicted octanol–water partition coefficient (Wildman–Crippen LogP) is 2.09. The standard InChI is InChI=1S/C20H17NO8S/c1-11(22)28-10-12-3-4-18(30(2,24)25)14(7-12)19-21-15-9-17-16(26-5-6-27-17)8-13(15)20(23)29-19/h3-4,7-9H,5-6,10H2,1-2H3. The highest BCUT2D eigenvalue weighted by molar-refractivity contribution is 7.90. The van der Waals surface area contributed by atoms with Crippen molar-refractivity contribution < 1.29 is 31.8 Å². The molecule has 3 aromatic rings. The molecule has 156 valence electrons. The van der Waals surface area contributed by atoms with Crippen LogP contribution in [-0.4, -0.2) is 38.8 Å². The second kappa shape index (κ2) is 7.45. The molecule has 0 fully saturated rings. The van der Waals surface area contributed by atoms with Crippen molar-refractivity contribution in [2.45, 2.75) is 18.4 Å². The fraction of sp³-hybridized carbons (Fsp3) is 0.250. The quantitative estimate of drug-likeness (QED) is 0.571. The maximum Gasteiger partial charge on any atom is 0.347 e. The van der Waals surface area contributed by atoms with E-state index in [0.29, 0.717) is 30.3 Å². The van der Waals surface area contributed by atoms with Gasteiger partial charge in [-0.1, -0.05) is 6.07 Å². The lowest BCUT2D eigenvalue weighted by Crippen LogP contribution is -2.16. The Morgan fingerprint density at radius 3 is 2.50 bits per heavy atom. The van der Waals surface area contributed by atoms with Crippen LogP contribution in [0.3, 0.4) is 0 Å². The van der Waals surface area contributed by atoms with Crippen molar-refractivity contribution in [1.29, 1.82) is 0 Å². The largest absolute Gasteiger partial charge is 0.486 e. The molecule has 0 unspecified atom stereocenters. The van der Waals surface area contributed by atoms with Gasteiger partial charge in [0, 0.05) is 25.3 Å². The van der Waals surface area contributed by atoms with Gasteiger partial charge in [-0.2, -0.15) is 0 Å². The third-order valence-electron chi connectivity index (χ3n) is 4.41. The van der Waals surface area contributed by atoms with Gasteiger partial charge in [-0.3, -0.25) is 4.79 Å². The average molecular weight is 431 g/mol. The van der Waals surface area contributed by atoms with Crippen molar-refractivity contribution in [1.82, 2.24) is 4.98 Å². The summed E-state index contributed by atoms with van der Waals surface area (Å²) < 4.78 is 45.9. The third-order valence-corrected chi connectivity index (χ3v) is 5.56. The van der Waals surface area contributed by atoms with Crippen LogP contribution in [0.1, 0.15) is 12.5 Å². The zero-order chi connectivity index (χ0) is 21.5.